The van der Waals surface area contributed by atoms with Gasteiger partial charge in [-0.1, -0.05) is 41.9 Å². The molecule has 0 spiro atoms. The Labute approximate surface area is 137 Å². The summed E-state index contributed by atoms with van der Waals surface area (Å²) in [5.74, 6) is -0.441. The molecule has 1 aromatic carbocycles. The SMILES string of the molecule is CCOC(=O)c1n[nH]c(CC)c1Sc1cc(Cl)cc(Cl)c1. The molecule has 0 saturated carbocycles. The third-order valence-corrected chi connectivity index (χ3v) is 4.22. The van der Waals surface area contributed by atoms with Crippen LogP contribution in [-0.4, -0.2) is 22.8 Å². The van der Waals surface area contributed by atoms with E-state index in [1.54, 1.807) is 25.1 Å². The number of aromatic amines is 1. The number of halogens is 2. The summed E-state index contributed by atoms with van der Waals surface area (Å²) in [5.41, 5.74) is 1.16. The number of rotatable bonds is 5. The summed E-state index contributed by atoms with van der Waals surface area (Å²) in [6.45, 7) is 4.05. The molecular formula is C14H14Cl2N2O2S. The third kappa shape index (κ3) is 3.93. The van der Waals surface area contributed by atoms with Crippen LogP contribution in [0.25, 0.3) is 0 Å². The van der Waals surface area contributed by atoms with Gasteiger partial charge in [0, 0.05) is 20.6 Å². The van der Waals surface area contributed by atoms with E-state index in [9.17, 15) is 4.79 Å². The summed E-state index contributed by atoms with van der Waals surface area (Å²) in [6.07, 6.45) is 0.725. The standard InChI is InChI=1S/C14H14Cl2N2O2S/c1-3-11-13(12(18-17-11)14(19)20-4-2)21-10-6-8(15)5-9(16)7-10/h5-7H,3-4H2,1-2H3,(H,17,18). The number of esters is 1. The number of benzene rings is 1. The van der Waals surface area contributed by atoms with Crippen LogP contribution in [0.4, 0.5) is 0 Å². The Balaban J connectivity index is 2.37. The van der Waals surface area contributed by atoms with Crippen LogP contribution >= 0.6 is 35.0 Å². The van der Waals surface area contributed by atoms with Gasteiger partial charge in [0.25, 0.3) is 0 Å². The van der Waals surface area contributed by atoms with Crippen molar-refractivity contribution in [2.24, 2.45) is 0 Å². The van der Waals surface area contributed by atoms with Crippen molar-refractivity contribution in [1.82, 2.24) is 10.2 Å². The minimum absolute atomic E-state index is 0.287. The molecule has 0 fully saturated rings. The second kappa shape index (κ2) is 7.20. The molecule has 4 nitrogen and oxygen atoms in total. The van der Waals surface area contributed by atoms with Crippen molar-refractivity contribution in [3.63, 3.8) is 0 Å². The van der Waals surface area contributed by atoms with E-state index in [-0.39, 0.29) is 5.69 Å². The zero-order valence-electron chi connectivity index (χ0n) is 11.6. The molecule has 0 amide bonds. The van der Waals surface area contributed by atoms with Crippen LogP contribution in [-0.2, 0) is 11.2 Å². The summed E-state index contributed by atoms with van der Waals surface area (Å²) < 4.78 is 5.02. The van der Waals surface area contributed by atoms with Crippen LogP contribution in [0.3, 0.4) is 0 Å². The monoisotopic (exact) mass is 344 g/mol. The van der Waals surface area contributed by atoms with E-state index in [1.807, 2.05) is 6.92 Å². The Morgan fingerprint density at radius 2 is 1.95 bits per heavy atom. The smallest absolute Gasteiger partial charge is 0.360 e. The number of nitrogens with one attached hydrogen (secondary N) is 1. The number of carbonyl (C=O) groups is 1. The van der Waals surface area contributed by atoms with Crippen molar-refractivity contribution in [2.45, 2.75) is 30.1 Å². The summed E-state index contributed by atoms with van der Waals surface area (Å²) in [6, 6.07) is 5.24. The lowest BCUT2D eigenvalue weighted by molar-refractivity contribution is 0.0515. The van der Waals surface area contributed by atoms with Crippen LogP contribution in [0, 0.1) is 0 Å². The van der Waals surface area contributed by atoms with E-state index in [0.29, 0.717) is 16.7 Å². The first kappa shape index (κ1) is 16.2. The van der Waals surface area contributed by atoms with Gasteiger partial charge in [-0.05, 0) is 31.5 Å². The summed E-state index contributed by atoms with van der Waals surface area (Å²) in [7, 11) is 0. The first-order valence-corrected chi connectivity index (χ1v) is 8.00. The molecule has 2 rings (SSSR count). The van der Waals surface area contributed by atoms with Gasteiger partial charge in [-0.3, -0.25) is 5.10 Å². The molecule has 0 radical (unpaired) electrons. The third-order valence-electron chi connectivity index (χ3n) is 2.67. The van der Waals surface area contributed by atoms with Crippen molar-refractivity contribution >= 4 is 40.9 Å². The minimum atomic E-state index is -0.441. The molecule has 0 bridgehead atoms. The highest BCUT2D eigenvalue weighted by Gasteiger charge is 2.21. The number of nitrogens with zero attached hydrogens (tertiary/aromatic N) is 1. The van der Waals surface area contributed by atoms with Crippen molar-refractivity contribution in [3.05, 3.63) is 39.6 Å². The molecule has 0 aliphatic carbocycles. The topological polar surface area (TPSA) is 55.0 Å². The Kier molecular flexibility index (Phi) is 5.56. The summed E-state index contributed by atoms with van der Waals surface area (Å²) in [4.78, 5) is 13.5. The van der Waals surface area contributed by atoms with Gasteiger partial charge in [0.2, 0.25) is 0 Å². The van der Waals surface area contributed by atoms with Gasteiger partial charge < -0.3 is 4.74 Å². The highest BCUT2D eigenvalue weighted by atomic mass is 35.5. The summed E-state index contributed by atoms with van der Waals surface area (Å²) >= 11 is 13.4. The average Bonchev–Trinajstić information content (AvgIpc) is 2.80. The van der Waals surface area contributed by atoms with Gasteiger partial charge >= 0.3 is 5.97 Å². The van der Waals surface area contributed by atoms with Crippen LogP contribution in [0.1, 0.15) is 30.0 Å². The van der Waals surface area contributed by atoms with Gasteiger partial charge in [0.1, 0.15) is 0 Å². The molecular weight excluding hydrogens is 331 g/mol. The Bertz CT molecular complexity index is 638. The number of hydrogen-bond acceptors (Lipinski definition) is 4. The first-order valence-electron chi connectivity index (χ1n) is 6.43. The largest absolute Gasteiger partial charge is 0.461 e. The normalized spacial score (nSPS) is 10.7. The molecule has 112 valence electrons. The number of hydrogen-bond donors (Lipinski definition) is 1. The number of aromatic nitrogens is 2. The molecule has 1 heterocycles. The van der Waals surface area contributed by atoms with Gasteiger partial charge in [-0.25, -0.2) is 4.79 Å². The number of aryl methyl sites for hydroxylation is 1. The maximum atomic E-state index is 11.9. The predicted molar refractivity (Wildman–Crippen MR) is 84.5 cm³/mol. The van der Waals surface area contributed by atoms with Gasteiger partial charge in [0.05, 0.1) is 11.5 Å². The number of ether oxygens (including phenoxy) is 1. The van der Waals surface area contributed by atoms with Gasteiger partial charge in [0.15, 0.2) is 5.69 Å². The summed E-state index contributed by atoms with van der Waals surface area (Å²) in [5, 5.41) is 8.03. The maximum Gasteiger partial charge on any atom is 0.360 e. The van der Waals surface area contributed by atoms with Crippen LogP contribution in [0.2, 0.25) is 10.0 Å². The van der Waals surface area contributed by atoms with E-state index in [4.69, 9.17) is 27.9 Å². The Morgan fingerprint density at radius 3 is 2.52 bits per heavy atom. The van der Waals surface area contributed by atoms with Crippen molar-refractivity contribution < 1.29 is 9.53 Å². The van der Waals surface area contributed by atoms with Crippen LogP contribution in [0.15, 0.2) is 28.0 Å². The lowest BCUT2D eigenvalue weighted by Gasteiger charge is -2.06. The van der Waals surface area contributed by atoms with Crippen molar-refractivity contribution in [3.8, 4) is 0 Å². The molecule has 0 atom stereocenters. The molecule has 0 aliphatic heterocycles. The van der Waals surface area contributed by atoms with Crippen LogP contribution < -0.4 is 0 Å². The minimum Gasteiger partial charge on any atom is -0.461 e. The Hall–Kier alpha value is -1.17. The van der Waals surface area contributed by atoms with E-state index in [0.717, 1.165) is 21.9 Å². The van der Waals surface area contributed by atoms with E-state index < -0.39 is 5.97 Å². The molecule has 21 heavy (non-hydrogen) atoms. The highest BCUT2D eigenvalue weighted by molar-refractivity contribution is 7.99. The van der Waals surface area contributed by atoms with Crippen molar-refractivity contribution in [1.29, 1.82) is 0 Å². The highest BCUT2D eigenvalue weighted by Crippen LogP contribution is 2.35. The number of H-pyrrole nitrogens is 1. The second-order valence-corrected chi connectivity index (χ2v) is 6.12. The first-order chi connectivity index (χ1) is 10.0. The molecule has 1 N–H and O–H groups in total. The van der Waals surface area contributed by atoms with E-state index >= 15 is 0 Å². The molecule has 0 unspecified atom stereocenters. The fourth-order valence-corrected chi connectivity index (χ4v) is 3.56. The zero-order chi connectivity index (χ0) is 15.4. The molecule has 7 heteroatoms. The molecule has 1 aromatic heterocycles. The fourth-order valence-electron chi connectivity index (χ4n) is 1.76. The zero-order valence-corrected chi connectivity index (χ0v) is 13.9. The molecule has 0 saturated heterocycles. The van der Waals surface area contributed by atoms with Gasteiger partial charge in [-0.2, -0.15) is 5.10 Å². The quantitative estimate of drug-likeness (QED) is 0.804. The maximum absolute atomic E-state index is 11.9. The Morgan fingerprint density at radius 1 is 1.29 bits per heavy atom. The fraction of sp³-hybridized carbons (Fsp3) is 0.286. The van der Waals surface area contributed by atoms with E-state index in [2.05, 4.69) is 10.2 Å². The predicted octanol–water partition coefficient (Wildman–Crippen LogP) is 4.61. The molecule has 0 aliphatic rings. The van der Waals surface area contributed by atoms with E-state index in [1.165, 1.54) is 11.8 Å². The second-order valence-electron chi connectivity index (χ2n) is 4.16. The van der Waals surface area contributed by atoms with Crippen LogP contribution in [0.5, 0.6) is 0 Å². The molecule has 2 aromatic rings. The number of carbonyl (C=O) groups excluding carboxylic acids is 1. The lowest BCUT2D eigenvalue weighted by atomic mass is 10.3. The van der Waals surface area contributed by atoms with Crippen molar-refractivity contribution in [2.75, 3.05) is 6.61 Å². The van der Waals surface area contributed by atoms with Gasteiger partial charge in [-0.15, -0.1) is 0 Å². The average molecular weight is 345 g/mol. The lowest BCUT2D eigenvalue weighted by Crippen LogP contribution is -2.06.